The van der Waals surface area contributed by atoms with Crippen LogP contribution in [0.4, 0.5) is 10.8 Å². The molecule has 3 N–H and O–H groups in total. The van der Waals surface area contributed by atoms with Crippen molar-refractivity contribution >= 4 is 34.2 Å². The Bertz CT molecular complexity index is 544. The van der Waals surface area contributed by atoms with E-state index in [9.17, 15) is 9.59 Å². The molecule has 1 atom stereocenters. The Morgan fingerprint density at radius 2 is 2.24 bits per heavy atom. The predicted molar refractivity (Wildman–Crippen MR) is 81.5 cm³/mol. The molecule has 21 heavy (non-hydrogen) atoms. The lowest BCUT2D eigenvalue weighted by atomic mass is 10.1. The van der Waals surface area contributed by atoms with E-state index < -0.39 is 0 Å². The molecule has 1 aromatic heterocycles. The highest BCUT2D eigenvalue weighted by Crippen LogP contribution is 2.34. The van der Waals surface area contributed by atoms with Gasteiger partial charge in [-0.25, -0.2) is 0 Å². The number of ether oxygens (including phenoxy) is 1. The summed E-state index contributed by atoms with van der Waals surface area (Å²) in [7, 11) is 1.39. The van der Waals surface area contributed by atoms with Crippen LogP contribution in [0.3, 0.4) is 0 Å². The van der Waals surface area contributed by atoms with Crippen LogP contribution in [0.1, 0.15) is 30.6 Å². The fourth-order valence-corrected chi connectivity index (χ4v) is 3.21. The van der Waals surface area contributed by atoms with Gasteiger partial charge >= 0.3 is 5.97 Å². The van der Waals surface area contributed by atoms with Gasteiger partial charge in [0.2, 0.25) is 0 Å². The number of hydrogen-bond donors (Lipinski definition) is 2. The van der Waals surface area contributed by atoms with Gasteiger partial charge in [0.1, 0.15) is 10.6 Å². The summed E-state index contributed by atoms with van der Waals surface area (Å²) in [6.07, 6.45) is 0.704. The van der Waals surface area contributed by atoms with Crippen molar-refractivity contribution in [2.45, 2.75) is 26.3 Å². The second kappa shape index (κ2) is 6.30. The molecule has 0 spiro atoms. The van der Waals surface area contributed by atoms with Crippen molar-refractivity contribution in [2.75, 3.05) is 30.8 Å². The van der Waals surface area contributed by atoms with Gasteiger partial charge in [-0.15, -0.1) is 0 Å². The van der Waals surface area contributed by atoms with Crippen LogP contribution in [0.25, 0.3) is 0 Å². The molecule has 116 valence electrons. The normalized spacial score (nSPS) is 18.1. The van der Waals surface area contributed by atoms with Crippen LogP contribution in [0, 0.1) is 5.92 Å². The van der Waals surface area contributed by atoms with E-state index in [2.05, 4.69) is 9.69 Å². The number of esters is 1. The molecule has 1 amide bonds. The van der Waals surface area contributed by atoms with Crippen molar-refractivity contribution < 1.29 is 14.3 Å². The van der Waals surface area contributed by atoms with E-state index in [0.717, 1.165) is 5.00 Å². The first-order valence-electron chi connectivity index (χ1n) is 6.82. The lowest BCUT2D eigenvalue weighted by Gasteiger charge is -2.18. The molecule has 1 fully saturated rings. The number of nitrogens with two attached hydrogens (primary N) is 1. The van der Waals surface area contributed by atoms with E-state index in [0.29, 0.717) is 25.1 Å². The average Bonchev–Trinajstić information content (AvgIpc) is 3.03. The SMILES string of the molecule is COC(=O)C1CCN(c2snc(N)c2C(=O)NC(C)C)C1. The molecule has 1 aliphatic rings. The standard InChI is InChI=1S/C13H20N4O3S/c1-7(2)15-11(18)9-10(14)16-21-12(9)17-5-4-8(6-17)13(19)20-3/h7-8H,4-6H2,1-3H3,(H2,14,16)(H,15,18). The molecule has 1 aliphatic heterocycles. The number of amides is 1. The maximum Gasteiger partial charge on any atom is 0.310 e. The Balaban J connectivity index is 2.18. The number of rotatable bonds is 4. The van der Waals surface area contributed by atoms with E-state index in [1.165, 1.54) is 18.6 Å². The smallest absolute Gasteiger partial charge is 0.310 e. The van der Waals surface area contributed by atoms with Crippen LogP contribution in [0.2, 0.25) is 0 Å². The van der Waals surface area contributed by atoms with Crippen LogP contribution in [0.15, 0.2) is 0 Å². The molecule has 7 nitrogen and oxygen atoms in total. The summed E-state index contributed by atoms with van der Waals surface area (Å²) < 4.78 is 8.85. The molecule has 0 aliphatic carbocycles. The van der Waals surface area contributed by atoms with E-state index >= 15 is 0 Å². The average molecular weight is 312 g/mol. The summed E-state index contributed by atoms with van der Waals surface area (Å²) in [4.78, 5) is 25.8. The van der Waals surface area contributed by atoms with Crippen molar-refractivity contribution in [3.8, 4) is 0 Å². The molecular weight excluding hydrogens is 292 g/mol. The van der Waals surface area contributed by atoms with Gasteiger partial charge in [-0.05, 0) is 31.8 Å². The highest BCUT2D eigenvalue weighted by Gasteiger charge is 2.33. The Morgan fingerprint density at radius 3 is 2.86 bits per heavy atom. The van der Waals surface area contributed by atoms with E-state index in [4.69, 9.17) is 10.5 Å². The molecule has 1 unspecified atom stereocenters. The van der Waals surface area contributed by atoms with Gasteiger partial charge in [-0.1, -0.05) is 0 Å². The molecule has 0 radical (unpaired) electrons. The van der Waals surface area contributed by atoms with Crippen LogP contribution in [-0.4, -0.2) is 42.5 Å². The Hall–Kier alpha value is -1.83. The van der Waals surface area contributed by atoms with Crippen molar-refractivity contribution in [3.05, 3.63) is 5.56 Å². The first-order valence-corrected chi connectivity index (χ1v) is 7.60. The largest absolute Gasteiger partial charge is 0.469 e. The number of methoxy groups -OCH3 is 1. The van der Waals surface area contributed by atoms with Gasteiger partial charge in [0.15, 0.2) is 5.82 Å². The van der Waals surface area contributed by atoms with Crippen molar-refractivity contribution in [3.63, 3.8) is 0 Å². The second-order valence-electron chi connectivity index (χ2n) is 5.33. The number of carbonyl (C=O) groups is 2. The quantitative estimate of drug-likeness (QED) is 0.800. The fraction of sp³-hybridized carbons (Fsp3) is 0.615. The lowest BCUT2D eigenvalue weighted by Crippen LogP contribution is -2.32. The minimum Gasteiger partial charge on any atom is -0.469 e. The van der Waals surface area contributed by atoms with Crippen LogP contribution >= 0.6 is 11.5 Å². The summed E-state index contributed by atoms with van der Waals surface area (Å²) in [6.45, 7) is 4.98. The first kappa shape index (κ1) is 15.6. The monoisotopic (exact) mass is 312 g/mol. The highest BCUT2D eigenvalue weighted by molar-refractivity contribution is 7.11. The maximum atomic E-state index is 12.2. The molecule has 2 heterocycles. The molecule has 8 heteroatoms. The summed E-state index contributed by atoms with van der Waals surface area (Å²) in [5.74, 6) is -0.384. The molecule has 2 rings (SSSR count). The zero-order chi connectivity index (χ0) is 15.6. The van der Waals surface area contributed by atoms with Crippen LogP contribution < -0.4 is 16.0 Å². The van der Waals surface area contributed by atoms with Crippen molar-refractivity contribution in [1.82, 2.24) is 9.69 Å². The van der Waals surface area contributed by atoms with Gasteiger partial charge in [0.05, 0.1) is 13.0 Å². The number of nitrogens with zero attached hydrogens (tertiary/aromatic N) is 2. The maximum absolute atomic E-state index is 12.2. The third kappa shape index (κ3) is 3.26. The number of nitrogen functional groups attached to an aromatic ring is 1. The third-order valence-electron chi connectivity index (χ3n) is 3.36. The van der Waals surface area contributed by atoms with Crippen LogP contribution in [-0.2, 0) is 9.53 Å². The summed E-state index contributed by atoms with van der Waals surface area (Å²) >= 11 is 1.19. The Labute approximate surface area is 127 Å². The lowest BCUT2D eigenvalue weighted by molar-refractivity contribution is -0.144. The molecule has 1 saturated heterocycles. The first-order chi connectivity index (χ1) is 9.93. The number of nitrogens with one attached hydrogen (secondary N) is 1. The molecule has 0 aromatic carbocycles. The van der Waals surface area contributed by atoms with E-state index in [-0.39, 0.29) is 29.7 Å². The minimum absolute atomic E-state index is 0.0195. The van der Waals surface area contributed by atoms with Gasteiger partial charge in [-0.3, -0.25) is 9.59 Å². The number of hydrogen-bond acceptors (Lipinski definition) is 7. The molecule has 1 aromatic rings. The molecular formula is C13H20N4O3S. The fourth-order valence-electron chi connectivity index (χ4n) is 2.36. The Kier molecular flexibility index (Phi) is 4.66. The number of carbonyl (C=O) groups excluding carboxylic acids is 2. The van der Waals surface area contributed by atoms with Gasteiger partial charge in [-0.2, -0.15) is 4.37 Å². The molecule has 0 saturated carbocycles. The Morgan fingerprint density at radius 1 is 1.52 bits per heavy atom. The summed E-state index contributed by atoms with van der Waals surface area (Å²) in [5.41, 5.74) is 6.23. The summed E-state index contributed by atoms with van der Waals surface area (Å²) in [5, 5.41) is 3.54. The third-order valence-corrected chi connectivity index (χ3v) is 4.28. The summed E-state index contributed by atoms with van der Waals surface area (Å²) in [6, 6.07) is 0.0195. The minimum atomic E-state index is -0.229. The van der Waals surface area contributed by atoms with Gasteiger partial charge in [0.25, 0.3) is 5.91 Å². The molecule has 0 bridgehead atoms. The van der Waals surface area contributed by atoms with Crippen LogP contribution in [0.5, 0.6) is 0 Å². The van der Waals surface area contributed by atoms with E-state index in [1.54, 1.807) is 0 Å². The van der Waals surface area contributed by atoms with Crippen molar-refractivity contribution in [1.29, 1.82) is 0 Å². The number of aromatic nitrogens is 1. The van der Waals surface area contributed by atoms with E-state index in [1.807, 2.05) is 18.7 Å². The van der Waals surface area contributed by atoms with Gasteiger partial charge in [0, 0.05) is 19.1 Å². The zero-order valence-electron chi connectivity index (χ0n) is 12.4. The predicted octanol–water partition coefficient (Wildman–Crippen LogP) is 0.863. The zero-order valence-corrected chi connectivity index (χ0v) is 13.2. The van der Waals surface area contributed by atoms with Crippen molar-refractivity contribution in [2.24, 2.45) is 5.92 Å². The second-order valence-corrected chi connectivity index (χ2v) is 6.08. The number of anilines is 2. The topological polar surface area (TPSA) is 97.6 Å². The van der Waals surface area contributed by atoms with Gasteiger partial charge < -0.3 is 20.7 Å². The highest BCUT2D eigenvalue weighted by atomic mass is 32.1.